The number of methoxy groups -OCH3 is 3. The molecule has 198 valence electrons. The summed E-state index contributed by atoms with van der Waals surface area (Å²) < 4.78 is 17.2. The van der Waals surface area contributed by atoms with E-state index in [1.165, 1.54) is 16.9 Å². The zero-order chi connectivity index (χ0) is 26.5. The lowest BCUT2D eigenvalue weighted by Crippen LogP contribution is -2.44. The zero-order valence-electron chi connectivity index (χ0n) is 21.8. The molecule has 1 saturated heterocycles. The Kier molecular flexibility index (Phi) is 7.95. The number of amides is 1. The van der Waals surface area contributed by atoms with Crippen LogP contribution >= 0.6 is 11.3 Å². The van der Waals surface area contributed by atoms with Gasteiger partial charge in [-0.25, -0.2) is 4.98 Å². The number of hydrogen-bond acceptors (Lipinski definition) is 8. The van der Waals surface area contributed by atoms with Gasteiger partial charge in [-0.2, -0.15) is 0 Å². The van der Waals surface area contributed by atoms with Crippen molar-refractivity contribution in [1.82, 2.24) is 15.2 Å². The third kappa shape index (κ3) is 5.84. The first-order valence-corrected chi connectivity index (χ1v) is 13.4. The molecule has 1 aliphatic heterocycles. The van der Waals surface area contributed by atoms with Gasteiger partial charge in [0, 0.05) is 49.1 Å². The number of thiazole rings is 1. The predicted octanol–water partition coefficient (Wildman–Crippen LogP) is 5.46. The van der Waals surface area contributed by atoms with Gasteiger partial charge in [-0.05, 0) is 36.6 Å². The second-order valence-corrected chi connectivity index (χ2v) is 10.3. The quantitative estimate of drug-likeness (QED) is 0.296. The Morgan fingerprint density at radius 3 is 2.34 bits per heavy atom. The molecule has 9 heteroatoms. The summed E-state index contributed by atoms with van der Waals surface area (Å²) in [5.74, 6) is 1.60. The average molecular weight is 533 g/mol. The molecule has 0 saturated carbocycles. The van der Waals surface area contributed by atoms with E-state index < -0.39 is 0 Å². The predicted molar refractivity (Wildman–Crippen MR) is 151 cm³/mol. The lowest BCUT2D eigenvalue weighted by Gasteiger charge is -2.32. The molecule has 8 nitrogen and oxygen atoms in total. The topological polar surface area (TPSA) is 85.0 Å². The molecule has 1 amide bonds. The smallest absolute Gasteiger partial charge is 0.251 e. The van der Waals surface area contributed by atoms with E-state index in [4.69, 9.17) is 14.2 Å². The third-order valence-electron chi connectivity index (χ3n) is 6.74. The van der Waals surface area contributed by atoms with Crippen molar-refractivity contribution in [3.8, 4) is 17.2 Å². The number of carbonyl (C=O) groups is 1. The highest BCUT2D eigenvalue weighted by atomic mass is 32.1. The normalized spacial score (nSPS) is 14.3. The fourth-order valence-corrected chi connectivity index (χ4v) is 5.67. The van der Waals surface area contributed by atoms with Crippen molar-refractivity contribution in [3.05, 3.63) is 71.8 Å². The highest BCUT2D eigenvalue weighted by Crippen LogP contribution is 2.41. The zero-order valence-corrected chi connectivity index (χ0v) is 22.6. The summed E-state index contributed by atoms with van der Waals surface area (Å²) in [6.45, 7) is 2.91. The van der Waals surface area contributed by atoms with E-state index in [0.29, 0.717) is 27.9 Å². The lowest BCUT2D eigenvalue weighted by atomic mass is 10.0. The van der Waals surface area contributed by atoms with E-state index in [9.17, 15) is 4.79 Å². The van der Waals surface area contributed by atoms with Gasteiger partial charge in [0.25, 0.3) is 5.91 Å². The number of nitrogens with one attached hydrogen (secondary N) is 2. The van der Waals surface area contributed by atoms with Gasteiger partial charge < -0.3 is 24.8 Å². The van der Waals surface area contributed by atoms with Gasteiger partial charge in [-0.3, -0.25) is 9.69 Å². The molecule has 3 aromatic carbocycles. The molecule has 2 N–H and O–H groups in total. The summed E-state index contributed by atoms with van der Waals surface area (Å²) in [5, 5.41) is 7.25. The average Bonchev–Trinajstić information content (AvgIpc) is 3.35. The molecular weight excluding hydrogens is 500 g/mol. The molecule has 38 heavy (non-hydrogen) atoms. The van der Waals surface area contributed by atoms with Crippen LogP contribution in [0.15, 0.2) is 60.7 Å². The number of fused-ring (bicyclic) bond motifs is 1. The van der Waals surface area contributed by atoms with Gasteiger partial charge in [0.2, 0.25) is 5.75 Å². The van der Waals surface area contributed by atoms with Gasteiger partial charge in [-0.15, -0.1) is 0 Å². The maximum Gasteiger partial charge on any atom is 0.251 e. The van der Waals surface area contributed by atoms with Crippen molar-refractivity contribution in [2.45, 2.75) is 25.4 Å². The number of rotatable bonds is 9. The molecule has 0 aliphatic carbocycles. The third-order valence-corrected chi connectivity index (χ3v) is 7.67. The first kappa shape index (κ1) is 25.8. The highest BCUT2D eigenvalue weighted by molar-refractivity contribution is 7.22. The minimum absolute atomic E-state index is 0.0408. The van der Waals surface area contributed by atoms with Gasteiger partial charge >= 0.3 is 0 Å². The van der Waals surface area contributed by atoms with Gasteiger partial charge in [0.1, 0.15) is 0 Å². The van der Waals surface area contributed by atoms with E-state index >= 15 is 0 Å². The second-order valence-electron chi connectivity index (χ2n) is 9.25. The van der Waals surface area contributed by atoms with Crippen LogP contribution in [0.1, 0.15) is 28.8 Å². The minimum atomic E-state index is -0.0408. The standard InChI is InChI=1S/C29H32N4O4S/c1-35-24-16-22(17-25(36-2)27(24)37-3)31-29-32-23-10-9-20(15-26(23)38-29)28(34)30-21-11-13-33(14-12-21)18-19-7-5-4-6-8-19/h4-10,15-17,21H,11-14,18H2,1-3H3,(H,30,34)(H,31,32). The summed E-state index contributed by atoms with van der Waals surface area (Å²) in [4.78, 5) is 20.2. The highest BCUT2D eigenvalue weighted by Gasteiger charge is 2.22. The largest absolute Gasteiger partial charge is 0.493 e. The van der Waals surface area contributed by atoms with Crippen LogP contribution in [0, 0.1) is 0 Å². The first-order chi connectivity index (χ1) is 18.6. The van der Waals surface area contributed by atoms with Crippen LogP contribution in [0.2, 0.25) is 0 Å². The Labute approximate surface area is 226 Å². The van der Waals surface area contributed by atoms with Gasteiger partial charge in [0.15, 0.2) is 16.6 Å². The van der Waals surface area contributed by atoms with Crippen LogP contribution in [0.3, 0.4) is 0 Å². The molecule has 1 fully saturated rings. The number of anilines is 2. The fourth-order valence-electron chi connectivity index (χ4n) is 4.74. The Morgan fingerprint density at radius 2 is 1.68 bits per heavy atom. The molecule has 0 bridgehead atoms. The Morgan fingerprint density at radius 1 is 0.974 bits per heavy atom. The van der Waals surface area contributed by atoms with Crippen molar-refractivity contribution < 1.29 is 19.0 Å². The molecule has 1 aromatic heterocycles. The molecule has 2 heterocycles. The van der Waals surface area contributed by atoms with Crippen molar-refractivity contribution in [1.29, 1.82) is 0 Å². The van der Waals surface area contributed by atoms with Gasteiger partial charge in [0.05, 0.1) is 31.5 Å². The minimum Gasteiger partial charge on any atom is -0.493 e. The molecule has 1 aliphatic rings. The summed E-state index contributed by atoms with van der Waals surface area (Å²) in [5.41, 5.74) is 3.56. The molecule has 0 spiro atoms. The van der Waals surface area contributed by atoms with Crippen LogP contribution in [0.4, 0.5) is 10.8 Å². The maximum absolute atomic E-state index is 13.0. The molecule has 5 rings (SSSR count). The van der Waals surface area contributed by atoms with E-state index in [1.54, 1.807) is 21.3 Å². The second kappa shape index (κ2) is 11.7. The molecule has 0 radical (unpaired) electrons. The van der Waals surface area contributed by atoms with Crippen LogP contribution in [-0.2, 0) is 6.54 Å². The Hall–Kier alpha value is -3.82. The van der Waals surface area contributed by atoms with E-state index in [0.717, 1.165) is 48.4 Å². The van der Waals surface area contributed by atoms with Crippen LogP contribution in [-0.4, -0.2) is 56.3 Å². The number of carbonyl (C=O) groups excluding carboxylic acids is 1. The van der Waals surface area contributed by atoms with Crippen LogP contribution in [0.25, 0.3) is 10.2 Å². The number of nitrogens with zero attached hydrogens (tertiary/aromatic N) is 2. The van der Waals surface area contributed by atoms with Crippen molar-refractivity contribution >= 4 is 38.3 Å². The first-order valence-electron chi connectivity index (χ1n) is 12.6. The Balaban J connectivity index is 1.22. The number of piperidine rings is 1. The lowest BCUT2D eigenvalue weighted by molar-refractivity contribution is 0.0909. The van der Waals surface area contributed by atoms with E-state index in [1.807, 2.05) is 36.4 Å². The molecule has 4 aromatic rings. The number of hydrogen-bond donors (Lipinski definition) is 2. The maximum atomic E-state index is 13.0. The van der Waals surface area contributed by atoms with Crippen molar-refractivity contribution in [2.24, 2.45) is 0 Å². The number of likely N-dealkylation sites (tertiary alicyclic amines) is 1. The summed E-state index contributed by atoms with van der Waals surface area (Å²) in [6, 6.07) is 20.0. The molecule has 0 atom stereocenters. The van der Waals surface area contributed by atoms with Crippen LogP contribution < -0.4 is 24.8 Å². The van der Waals surface area contributed by atoms with Crippen LogP contribution in [0.5, 0.6) is 17.2 Å². The number of ether oxygens (including phenoxy) is 3. The number of aromatic nitrogens is 1. The SMILES string of the molecule is COc1cc(Nc2nc3ccc(C(=O)NC4CCN(Cc5ccccc5)CC4)cc3s2)cc(OC)c1OC. The summed E-state index contributed by atoms with van der Waals surface area (Å²) in [7, 11) is 4.74. The molecular formula is C29H32N4O4S. The molecule has 0 unspecified atom stereocenters. The summed E-state index contributed by atoms with van der Waals surface area (Å²) in [6.07, 6.45) is 1.90. The van der Waals surface area contributed by atoms with Crippen molar-refractivity contribution in [3.63, 3.8) is 0 Å². The Bertz CT molecular complexity index is 1380. The van der Waals surface area contributed by atoms with E-state index in [-0.39, 0.29) is 11.9 Å². The van der Waals surface area contributed by atoms with E-state index in [2.05, 4.69) is 44.8 Å². The van der Waals surface area contributed by atoms with Crippen molar-refractivity contribution in [2.75, 3.05) is 39.7 Å². The summed E-state index contributed by atoms with van der Waals surface area (Å²) >= 11 is 1.49. The number of benzene rings is 3. The monoisotopic (exact) mass is 532 g/mol. The van der Waals surface area contributed by atoms with Gasteiger partial charge in [-0.1, -0.05) is 41.7 Å². The fraction of sp³-hybridized carbons (Fsp3) is 0.310.